The van der Waals surface area contributed by atoms with Crippen molar-refractivity contribution in [1.82, 2.24) is 0 Å². The van der Waals surface area contributed by atoms with Crippen LogP contribution in [0.5, 0.6) is 0 Å². The second kappa shape index (κ2) is 7.06. The number of carboxylic acid groups (broad SMARTS) is 1. The summed E-state index contributed by atoms with van der Waals surface area (Å²) in [5.41, 5.74) is 0.766. The van der Waals surface area contributed by atoms with Gasteiger partial charge in [-0.05, 0) is 36.8 Å². The van der Waals surface area contributed by atoms with Crippen molar-refractivity contribution in [2.45, 2.75) is 6.92 Å². The van der Waals surface area contributed by atoms with Crippen molar-refractivity contribution in [2.75, 3.05) is 5.32 Å². The number of fused-ring (bicyclic) bond motifs is 1. The van der Waals surface area contributed by atoms with Gasteiger partial charge in [0.05, 0.1) is 16.8 Å². The Morgan fingerprint density at radius 2 is 1.73 bits per heavy atom. The van der Waals surface area contributed by atoms with E-state index in [1.807, 2.05) is 6.07 Å². The van der Waals surface area contributed by atoms with Gasteiger partial charge in [0.1, 0.15) is 5.58 Å². The summed E-state index contributed by atoms with van der Waals surface area (Å²) in [6.45, 7) is 1.61. The summed E-state index contributed by atoms with van der Waals surface area (Å²) in [6, 6.07) is 14.8. The maximum Gasteiger partial charge on any atom is 0.343 e. The molecule has 3 rings (SSSR count). The van der Waals surface area contributed by atoms with E-state index >= 15 is 0 Å². The lowest BCUT2D eigenvalue weighted by Crippen LogP contribution is -2.13. The Hall–Kier alpha value is -3.67. The van der Waals surface area contributed by atoms with Crippen molar-refractivity contribution in [2.24, 2.45) is 0 Å². The number of anilines is 1. The van der Waals surface area contributed by atoms with E-state index in [-0.39, 0.29) is 16.8 Å². The standard InChI is InChI=1S/C20H15NO5/c1-12(15-11-13-6-2-5-9-17(13)26-20(15)25)10-18(22)21-16-8-4-3-7-14(16)19(23)24/h2-11H,1H3,(H,21,22)(H,23,24)/b12-10-. The molecular formula is C20H15NO5. The van der Waals surface area contributed by atoms with Gasteiger partial charge in [-0.25, -0.2) is 9.59 Å². The van der Waals surface area contributed by atoms with Crippen molar-refractivity contribution in [1.29, 1.82) is 0 Å². The molecule has 2 aromatic carbocycles. The van der Waals surface area contributed by atoms with E-state index in [2.05, 4.69) is 5.32 Å². The number of rotatable bonds is 4. The van der Waals surface area contributed by atoms with Crippen molar-refractivity contribution in [3.63, 3.8) is 0 Å². The third-order valence-corrected chi connectivity index (χ3v) is 3.83. The monoisotopic (exact) mass is 349 g/mol. The lowest BCUT2D eigenvalue weighted by molar-refractivity contribution is -0.111. The fourth-order valence-corrected chi connectivity index (χ4v) is 2.56. The largest absolute Gasteiger partial charge is 0.478 e. The van der Waals surface area contributed by atoms with Crippen LogP contribution in [-0.4, -0.2) is 17.0 Å². The van der Waals surface area contributed by atoms with E-state index in [9.17, 15) is 14.4 Å². The number of amides is 1. The molecule has 1 amide bonds. The quantitative estimate of drug-likeness (QED) is 0.555. The Morgan fingerprint density at radius 3 is 2.50 bits per heavy atom. The number of aromatic carboxylic acids is 1. The summed E-state index contributed by atoms with van der Waals surface area (Å²) in [7, 11) is 0. The molecule has 26 heavy (non-hydrogen) atoms. The van der Waals surface area contributed by atoms with Crippen LogP contribution in [0.3, 0.4) is 0 Å². The molecule has 1 aromatic heterocycles. The molecule has 0 spiro atoms. The molecule has 130 valence electrons. The lowest BCUT2D eigenvalue weighted by Gasteiger charge is -2.07. The van der Waals surface area contributed by atoms with E-state index in [4.69, 9.17) is 9.52 Å². The molecule has 0 unspecified atom stereocenters. The minimum Gasteiger partial charge on any atom is -0.478 e. The number of carboxylic acids is 1. The van der Waals surface area contributed by atoms with E-state index in [0.717, 1.165) is 5.39 Å². The Morgan fingerprint density at radius 1 is 1.04 bits per heavy atom. The van der Waals surface area contributed by atoms with Gasteiger partial charge in [0.15, 0.2) is 0 Å². The Labute approximate surface area is 148 Å². The van der Waals surface area contributed by atoms with E-state index in [1.165, 1.54) is 18.2 Å². The zero-order valence-electron chi connectivity index (χ0n) is 13.9. The highest BCUT2D eigenvalue weighted by Crippen LogP contribution is 2.19. The fraction of sp³-hybridized carbons (Fsp3) is 0.0500. The van der Waals surface area contributed by atoms with Crippen molar-refractivity contribution in [3.8, 4) is 0 Å². The SMILES string of the molecule is C/C(=C/C(=O)Nc1ccccc1C(=O)O)c1cc2ccccc2oc1=O. The van der Waals surface area contributed by atoms with Gasteiger partial charge in [0.25, 0.3) is 0 Å². The van der Waals surface area contributed by atoms with Gasteiger partial charge in [0, 0.05) is 11.5 Å². The Balaban J connectivity index is 1.91. The molecule has 0 radical (unpaired) electrons. The van der Waals surface area contributed by atoms with Gasteiger partial charge in [-0.15, -0.1) is 0 Å². The highest BCUT2D eigenvalue weighted by Gasteiger charge is 2.12. The molecule has 0 aliphatic carbocycles. The summed E-state index contributed by atoms with van der Waals surface area (Å²) < 4.78 is 5.26. The molecule has 0 aliphatic rings. The number of hydrogen-bond donors (Lipinski definition) is 2. The zero-order chi connectivity index (χ0) is 18.7. The first-order chi connectivity index (χ1) is 12.5. The number of benzene rings is 2. The average molecular weight is 349 g/mol. The minimum atomic E-state index is -1.14. The first-order valence-electron chi connectivity index (χ1n) is 7.80. The van der Waals surface area contributed by atoms with Gasteiger partial charge in [-0.1, -0.05) is 30.3 Å². The van der Waals surface area contributed by atoms with Crippen LogP contribution in [0.15, 0.2) is 69.9 Å². The summed E-state index contributed by atoms with van der Waals surface area (Å²) in [5.74, 6) is -1.68. The third kappa shape index (κ3) is 3.54. The summed E-state index contributed by atoms with van der Waals surface area (Å²) in [4.78, 5) is 35.6. The number of carbonyl (C=O) groups excluding carboxylic acids is 1. The zero-order valence-corrected chi connectivity index (χ0v) is 13.9. The predicted octanol–water partition coefficient (Wildman–Crippen LogP) is 3.53. The fourth-order valence-electron chi connectivity index (χ4n) is 2.56. The first-order valence-corrected chi connectivity index (χ1v) is 7.80. The molecule has 6 heteroatoms. The van der Waals surface area contributed by atoms with Gasteiger partial charge < -0.3 is 14.8 Å². The number of nitrogens with one attached hydrogen (secondary N) is 1. The molecule has 2 N–H and O–H groups in total. The maximum absolute atomic E-state index is 12.2. The van der Waals surface area contributed by atoms with Gasteiger partial charge >= 0.3 is 11.6 Å². The third-order valence-electron chi connectivity index (χ3n) is 3.83. The minimum absolute atomic E-state index is 0.0166. The number of allylic oxidation sites excluding steroid dienone is 1. The molecule has 6 nitrogen and oxygen atoms in total. The number of hydrogen-bond acceptors (Lipinski definition) is 4. The van der Waals surface area contributed by atoms with Crippen LogP contribution < -0.4 is 10.9 Å². The highest BCUT2D eigenvalue weighted by atomic mass is 16.4. The summed E-state index contributed by atoms with van der Waals surface area (Å²) in [5, 5.41) is 12.4. The average Bonchev–Trinajstić information content (AvgIpc) is 2.61. The molecule has 1 heterocycles. The van der Waals surface area contributed by atoms with Crippen LogP contribution in [0.2, 0.25) is 0 Å². The number of carbonyl (C=O) groups is 2. The summed E-state index contributed by atoms with van der Waals surface area (Å²) >= 11 is 0. The van der Waals surface area contributed by atoms with E-state index in [0.29, 0.717) is 11.2 Å². The highest BCUT2D eigenvalue weighted by molar-refractivity contribution is 6.07. The first kappa shape index (κ1) is 17.2. The lowest BCUT2D eigenvalue weighted by atomic mass is 10.1. The number of para-hydroxylation sites is 2. The molecule has 0 atom stereocenters. The van der Waals surface area contributed by atoms with Crippen molar-refractivity contribution < 1.29 is 19.1 Å². The van der Waals surface area contributed by atoms with Crippen LogP contribution >= 0.6 is 0 Å². The van der Waals surface area contributed by atoms with Crippen LogP contribution in [0.25, 0.3) is 16.5 Å². The van der Waals surface area contributed by atoms with Crippen LogP contribution in [0, 0.1) is 0 Å². The smallest absolute Gasteiger partial charge is 0.343 e. The normalized spacial score (nSPS) is 11.3. The molecule has 0 aliphatic heterocycles. The second-order valence-corrected chi connectivity index (χ2v) is 5.65. The summed E-state index contributed by atoms with van der Waals surface area (Å²) in [6.07, 6.45) is 1.24. The molecule has 0 saturated carbocycles. The Bertz CT molecular complexity index is 1090. The molecular weight excluding hydrogens is 334 g/mol. The van der Waals surface area contributed by atoms with E-state index in [1.54, 1.807) is 43.3 Å². The topological polar surface area (TPSA) is 96.6 Å². The maximum atomic E-state index is 12.2. The molecule has 3 aromatic rings. The van der Waals surface area contributed by atoms with Crippen molar-refractivity contribution >= 4 is 34.1 Å². The molecule has 0 saturated heterocycles. The van der Waals surface area contributed by atoms with Gasteiger partial charge in [0.2, 0.25) is 5.91 Å². The molecule has 0 fully saturated rings. The Kier molecular flexibility index (Phi) is 4.66. The van der Waals surface area contributed by atoms with E-state index < -0.39 is 17.5 Å². The van der Waals surface area contributed by atoms with Crippen LogP contribution in [0.1, 0.15) is 22.8 Å². The van der Waals surface area contributed by atoms with Crippen LogP contribution in [-0.2, 0) is 4.79 Å². The predicted molar refractivity (Wildman–Crippen MR) is 98.2 cm³/mol. The van der Waals surface area contributed by atoms with Crippen LogP contribution in [0.4, 0.5) is 5.69 Å². The van der Waals surface area contributed by atoms with Gasteiger partial charge in [-0.3, -0.25) is 4.79 Å². The van der Waals surface area contributed by atoms with Gasteiger partial charge in [-0.2, -0.15) is 0 Å². The molecule has 0 bridgehead atoms. The second-order valence-electron chi connectivity index (χ2n) is 5.65. The van der Waals surface area contributed by atoms with Crippen molar-refractivity contribution in [3.05, 3.63) is 82.2 Å².